The molecule has 21 aromatic carbocycles. The molecule has 8 heteroatoms. The highest BCUT2D eigenvalue weighted by Crippen LogP contribution is 2.56. The van der Waals surface area contributed by atoms with Crippen molar-refractivity contribution in [3.8, 4) is 95.2 Å². The number of thiophene rings is 3. The molecule has 0 aliphatic heterocycles. The first kappa shape index (κ1) is 79.3. The molecule has 136 heavy (non-hydrogen) atoms. The van der Waals surface area contributed by atoms with E-state index >= 15 is 0 Å². The van der Waals surface area contributed by atoms with Crippen molar-refractivity contribution in [3.05, 3.63) is 466 Å². The van der Waals surface area contributed by atoms with E-state index in [1.54, 1.807) is 0 Å². The first-order valence-corrected chi connectivity index (χ1v) is 49.1. The van der Waals surface area contributed by atoms with Crippen LogP contribution in [0, 0.1) is 6.92 Å². The minimum atomic E-state index is -0.0376. The predicted octanol–water partition coefficient (Wildman–Crippen LogP) is 36.3. The Morgan fingerprint density at radius 3 is 1.01 bits per heavy atom. The Hall–Kier alpha value is -16.5. The van der Waals surface area contributed by atoms with Crippen molar-refractivity contribution < 1.29 is 0 Å². The molecule has 0 amide bonds. The van der Waals surface area contributed by atoms with Gasteiger partial charge in [-0.05, 0) is 170 Å². The van der Waals surface area contributed by atoms with E-state index in [-0.39, 0.29) is 5.41 Å². The van der Waals surface area contributed by atoms with Crippen molar-refractivity contribution in [3.63, 3.8) is 0 Å². The van der Waals surface area contributed by atoms with E-state index in [9.17, 15) is 0 Å². The van der Waals surface area contributed by atoms with Crippen LogP contribution in [-0.4, -0.2) is 23.7 Å². The molecule has 0 saturated heterocycles. The summed E-state index contributed by atoms with van der Waals surface area (Å²) < 4.78 is 15.4. The summed E-state index contributed by atoms with van der Waals surface area (Å²) in [5, 5.41) is 23.4. The molecule has 638 valence electrons. The summed E-state index contributed by atoms with van der Waals surface area (Å²) in [4.78, 5) is 9.24. The highest BCUT2D eigenvalue weighted by atomic mass is 32.1. The molecule has 7 heterocycles. The van der Waals surface area contributed by atoms with Crippen LogP contribution < -0.4 is 0 Å². The van der Waals surface area contributed by atoms with Gasteiger partial charge in [-0.2, -0.15) is 0 Å². The lowest BCUT2D eigenvalue weighted by molar-refractivity contribution is 0.660. The number of hydrogen-bond donors (Lipinski definition) is 0. The van der Waals surface area contributed by atoms with E-state index in [0.29, 0.717) is 0 Å². The van der Waals surface area contributed by atoms with Crippen LogP contribution in [0.4, 0.5) is 0 Å². The predicted molar refractivity (Wildman–Crippen MR) is 584 cm³/mol. The minimum absolute atomic E-state index is 0.0376. The molecule has 5 nitrogen and oxygen atoms in total. The zero-order valence-electron chi connectivity index (χ0n) is 74.7. The van der Waals surface area contributed by atoms with Crippen LogP contribution in [0.2, 0.25) is 0 Å². The molecule has 0 fully saturated rings. The minimum Gasteiger partial charge on any atom is -0.309 e. The lowest BCUT2D eigenvalue weighted by Crippen LogP contribution is -2.14. The summed E-state index contributed by atoms with van der Waals surface area (Å²) >= 11 is 5.71. The van der Waals surface area contributed by atoms with Crippen molar-refractivity contribution in [2.75, 3.05) is 0 Å². The van der Waals surface area contributed by atoms with E-state index in [4.69, 9.17) is 0 Å². The van der Waals surface area contributed by atoms with Crippen molar-refractivity contribution in [1.29, 1.82) is 0 Å². The maximum absolute atomic E-state index is 4.62. The highest BCUT2D eigenvalue weighted by Gasteiger charge is 2.36. The maximum Gasteiger partial charge on any atom is 0.160 e. The number of aromatic nitrogens is 5. The van der Waals surface area contributed by atoms with Crippen LogP contribution in [0.15, 0.2) is 449 Å². The summed E-state index contributed by atoms with van der Waals surface area (Å²) in [7, 11) is 0. The Morgan fingerprint density at radius 1 is 0.213 bits per heavy atom. The largest absolute Gasteiger partial charge is 0.309 e. The molecular weight excluding hydrogens is 1700 g/mol. The molecular formula is C128H83N5S3. The van der Waals surface area contributed by atoms with Gasteiger partial charge in [0.25, 0.3) is 0 Å². The van der Waals surface area contributed by atoms with Crippen LogP contribution in [0.5, 0.6) is 0 Å². The number of aryl methyl sites for hydroxylation is 1. The van der Waals surface area contributed by atoms with Gasteiger partial charge in [-0.15, -0.1) is 34.0 Å². The topological polar surface area (TPSA) is 40.6 Å². The quantitative estimate of drug-likeness (QED) is 0.144. The lowest BCUT2D eigenvalue weighted by Gasteiger charge is -2.22. The molecule has 0 unspecified atom stereocenters. The molecule has 29 rings (SSSR count). The molecule has 0 atom stereocenters. The molecule has 1 aliphatic carbocycles. The Bertz CT molecular complexity index is 9730. The van der Waals surface area contributed by atoms with Crippen LogP contribution >= 0.6 is 34.0 Å². The molecule has 7 aromatic heterocycles. The summed E-state index contributed by atoms with van der Waals surface area (Å²) in [5.41, 5.74) is 31.3. The van der Waals surface area contributed by atoms with E-state index in [2.05, 4.69) is 475 Å². The number of rotatable bonds is 9. The van der Waals surface area contributed by atoms with Gasteiger partial charge in [-0.25, -0.2) is 9.97 Å². The molecule has 0 spiro atoms. The average Bonchev–Trinajstić information content (AvgIpc) is 1.55. The van der Waals surface area contributed by atoms with Gasteiger partial charge in [0, 0.05) is 166 Å². The van der Waals surface area contributed by atoms with E-state index in [1.165, 1.54) is 253 Å². The smallest absolute Gasteiger partial charge is 0.160 e. The Kier molecular flexibility index (Phi) is 18.4. The summed E-state index contributed by atoms with van der Waals surface area (Å²) in [6, 6.07) is 160. The van der Waals surface area contributed by atoms with Crippen LogP contribution in [-0.2, 0) is 5.41 Å². The van der Waals surface area contributed by atoms with Gasteiger partial charge in [-0.3, -0.25) is 0 Å². The first-order valence-electron chi connectivity index (χ1n) is 46.6. The molecule has 0 N–H and O–H groups in total. The number of nitrogens with zero attached hydrogens (tertiary/aromatic N) is 5. The van der Waals surface area contributed by atoms with Crippen molar-refractivity contribution in [2.24, 2.45) is 0 Å². The van der Waals surface area contributed by atoms with Gasteiger partial charge in [0.15, 0.2) is 5.82 Å². The highest BCUT2D eigenvalue weighted by molar-refractivity contribution is 7.28. The fourth-order valence-electron chi connectivity index (χ4n) is 22.3. The SMILES string of the molecule is CC1(C)c2ccccc2-c2ccc(-c3ccc4sc5c6ccccc6c6c(c7ccc(-c8ccccc8)cc7n6-c6ccccc6)c5c4c3)cc21.Cc1ccc(-c2cccc3c2sc2c4ccccc4c4c(c5ccc(-c6ccccc6)cc5n4-c4ccccc4)c32)cc1.c1ccc(-c2ccc3c4c5c6cccc(-c7ncccn7)c6sc5c5ccccc5c4n(-c4ccccc4)c3c2)cc1. The van der Waals surface area contributed by atoms with E-state index in [1.807, 2.05) is 52.5 Å². The second-order valence-corrected chi connectivity index (χ2v) is 39.6. The summed E-state index contributed by atoms with van der Waals surface area (Å²) in [6.07, 6.45) is 3.64. The third-order valence-corrected chi connectivity index (χ3v) is 32.3. The standard InChI is InChI=1S/C49H33NS.C41H27NS.C38H23N3S/c1-49(2)41-20-12-11-17-35(41)36-24-21-32(28-42(36)49)31-23-26-44-40(27-31)46-45-39-25-22-33(30-13-5-3-6-14-30)29-43(39)50(34-15-7-4-8-16-34)47(45)37-18-9-10-19-38(37)48(46)51-44;1-26-19-21-28(22-20-26)31-17-10-18-35-38-37-34-24-23-29(27-11-4-2-5-12-27)25-36(34)42(30-13-6-3-7-14-30)39(37)32-15-8-9-16-33(32)41(38)43-40(31)35;1-3-11-24(12-4-1)25-19-20-29-32(23-25)41(26-13-5-2-6-14-26)35-27-15-7-8-16-28(27)37-34(33(29)35)30-17-9-18-31(36(30)42-37)38-39-21-10-22-40-38/h3-29H,1-2H3;2-25H,1H3;1-23H. The zero-order valence-corrected chi connectivity index (χ0v) is 77.1. The van der Waals surface area contributed by atoms with Crippen molar-refractivity contribution in [2.45, 2.75) is 26.2 Å². The maximum atomic E-state index is 4.62. The molecule has 1 aliphatic rings. The van der Waals surface area contributed by atoms with E-state index < -0.39 is 0 Å². The Morgan fingerprint density at radius 2 is 0.551 bits per heavy atom. The fraction of sp³-hybridized carbons (Fsp3) is 0.0312. The van der Waals surface area contributed by atoms with Gasteiger partial charge < -0.3 is 13.7 Å². The molecule has 28 aromatic rings. The van der Waals surface area contributed by atoms with Gasteiger partial charge in [-0.1, -0.05) is 371 Å². The Balaban J connectivity index is 0.000000104. The first-order chi connectivity index (χ1) is 67.2. The third kappa shape index (κ3) is 12.4. The molecule has 0 saturated carbocycles. The van der Waals surface area contributed by atoms with Crippen molar-refractivity contribution >= 4 is 192 Å². The number of para-hydroxylation sites is 3. The monoisotopic (exact) mass is 1790 g/mol. The van der Waals surface area contributed by atoms with Gasteiger partial charge >= 0.3 is 0 Å². The van der Waals surface area contributed by atoms with Crippen LogP contribution in [0.25, 0.3) is 253 Å². The second-order valence-electron chi connectivity index (χ2n) is 36.5. The lowest BCUT2D eigenvalue weighted by atomic mass is 9.81. The van der Waals surface area contributed by atoms with Crippen molar-refractivity contribution in [1.82, 2.24) is 23.7 Å². The second kappa shape index (κ2) is 31.6. The average molecular weight is 1790 g/mol. The van der Waals surface area contributed by atoms with Gasteiger partial charge in [0.05, 0.1) is 33.1 Å². The fourth-order valence-corrected chi connectivity index (χ4v) is 26.3. The number of hydrogen-bond acceptors (Lipinski definition) is 5. The van der Waals surface area contributed by atoms with Crippen LogP contribution in [0.3, 0.4) is 0 Å². The van der Waals surface area contributed by atoms with Gasteiger partial charge in [0.2, 0.25) is 0 Å². The normalized spacial score (nSPS) is 12.4. The van der Waals surface area contributed by atoms with Crippen LogP contribution in [0.1, 0.15) is 30.5 Å². The number of fused-ring (bicyclic) bond motifs is 33. The number of benzene rings is 21. The summed E-state index contributed by atoms with van der Waals surface area (Å²) in [5.74, 6) is 0.759. The Labute approximate surface area is 796 Å². The zero-order chi connectivity index (χ0) is 90.0. The molecule has 0 radical (unpaired) electrons. The molecule has 0 bridgehead atoms. The third-order valence-electron chi connectivity index (χ3n) is 28.5. The van der Waals surface area contributed by atoms with E-state index in [0.717, 1.165) is 17.1 Å². The summed E-state index contributed by atoms with van der Waals surface area (Å²) in [6.45, 7) is 6.88. The van der Waals surface area contributed by atoms with Gasteiger partial charge in [0.1, 0.15) is 0 Å².